The van der Waals surface area contributed by atoms with Crippen LogP contribution in [-0.4, -0.2) is 39.5 Å². The van der Waals surface area contributed by atoms with Gasteiger partial charge in [0, 0.05) is 18.8 Å². The minimum atomic E-state index is -2.75. The van der Waals surface area contributed by atoms with Crippen LogP contribution in [0.2, 0.25) is 5.02 Å². The summed E-state index contributed by atoms with van der Waals surface area (Å²) in [6, 6.07) is 7.81. The number of carbonyl (C=O) groups is 2. The van der Waals surface area contributed by atoms with Crippen LogP contribution in [0.25, 0.3) is 5.65 Å². The maximum Gasteiger partial charge on any atom is 0.280 e. The van der Waals surface area contributed by atoms with E-state index in [0.29, 0.717) is 16.3 Å². The molecule has 0 saturated heterocycles. The summed E-state index contributed by atoms with van der Waals surface area (Å²) in [7, 11) is 0. The van der Waals surface area contributed by atoms with Crippen molar-refractivity contribution < 1.29 is 18.4 Å². The first-order valence-electron chi connectivity index (χ1n) is 8.33. The van der Waals surface area contributed by atoms with Crippen LogP contribution in [0.5, 0.6) is 0 Å². The van der Waals surface area contributed by atoms with Crippen LogP contribution in [0.15, 0.2) is 36.5 Å². The minimum Gasteiger partial charge on any atom is -0.350 e. The molecule has 0 aliphatic carbocycles. The molecule has 0 bridgehead atoms. The molecule has 3 aromatic rings. The number of hydrogen-bond donors (Lipinski definition) is 2. The summed E-state index contributed by atoms with van der Waals surface area (Å²) in [5, 5.41) is 9.40. The van der Waals surface area contributed by atoms with Gasteiger partial charge in [-0.3, -0.25) is 9.59 Å². The maximum atomic E-state index is 13.1. The highest BCUT2D eigenvalue weighted by Crippen LogP contribution is 2.21. The van der Waals surface area contributed by atoms with Crippen molar-refractivity contribution in [2.24, 2.45) is 0 Å². The first kappa shape index (κ1) is 19.7. The summed E-state index contributed by atoms with van der Waals surface area (Å²) in [4.78, 5) is 28.5. The molecule has 7 nitrogen and oxygen atoms in total. The molecule has 28 heavy (non-hydrogen) atoms. The molecule has 0 unspecified atom stereocenters. The number of aryl methyl sites for hydroxylation is 1. The third-order valence-corrected chi connectivity index (χ3v) is 4.24. The average molecular weight is 408 g/mol. The minimum absolute atomic E-state index is 0.0490. The Morgan fingerprint density at radius 1 is 1.14 bits per heavy atom. The van der Waals surface area contributed by atoms with Crippen molar-refractivity contribution in [2.45, 2.75) is 13.3 Å². The standard InChI is InChI=1S/C18H16ClF2N5O2/c1-10-8-14(15(20)21)26-16(25-10)12(9-24-26)18(28)23-7-6-22-17(27)11-4-2-3-5-13(11)19/h2-5,8-9,15H,6-7H2,1H3,(H,22,27)(H,23,28). The Hall–Kier alpha value is -3.07. The smallest absolute Gasteiger partial charge is 0.280 e. The van der Waals surface area contributed by atoms with Gasteiger partial charge in [-0.25, -0.2) is 18.3 Å². The number of amides is 2. The van der Waals surface area contributed by atoms with Gasteiger partial charge in [0.2, 0.25) is 0 Å². The summed E-state index contributed by atoms with van der Waals surface area (Å²) in [6.07, 6.45) is -1.56. The van der Waals surface area contributed by atoms with Gasteiger partial charge in [-0.15, -0.1) is 0 Å². The molecule has 146 valence electrons. The first-order chi connectivity index (χ1) is 13.4. The van der Waals surface area contributed by atoms with E-state index in [0.717, 1.165) is 4.52 Å². The van der Waals surface area contributed by atoms with Crippen molar-refractivity contribution in [3.63, 3.8) is 0 Å². The number of halogens is 3. The van der Waals surface area contributed by atoms with Gasteiger partial charge >= 0.3 is 0 Å². The molecule has 10 heteroatoms. The van der Waals surface area contributed by atoms with Gasteiger partial charge in [0.25, 0.3) is 18.2 Å². The number of alkyl halides is 2. The number of benzene rings is 1. The van der Waals surface area contributed by atoms with Gasteiger partial charge in [0.15, 0.2) is 5.65 Å². The largest absolute Gasteiger partial charge is 0.350 e. The molecule has 0 atom stereocenters. The van der Waals surface area contributed by atoms with Gasteiger partial charge < -0.3 is 10.6 Å². The predicted molar refractivity (Wildman–Crippen MR) is 98.8 cm³/mol. The highest BCUT2D eigenvalue weighted by molar-refractivity contribution is 6.33. The van der Waals surface area contributed by atoms with E-state index in [1.165, 1.54) is 12.3 Å². The number of hydrogen-bond acceptors (Lipinski definition) is 4. The monoisotopic (exact) mass is 407 g/mol. The summed E-state index contributed by atoms with van der Waals surface area (Å²) in [5.41, 5.74) is 0.464. The van der Waals surface area contributed by atoms with Crippen molar-refractivity contribution >= 4 is 29.1 Å². The van der Waals surface area contributed by atoms with E-state index in [1.807, 2.05) is 0 Å². The van der Waals surface area contributed by atoms with E-state index in [2.05, 4.69) is 20.7 Å². The number of aromatic nitrogens is 3. The van der Waals surface area contributed by atoms with E-state index in [-0.39, 0.29) is 35.9 Å². The molecule has 0 spiro atoms. The molecule has 2 amide bonds. The van der Waals surface area contributed by atoms with Crippen LogP contribution < -0.4 is 10.6 Å². The van der Waals surface area contributed by atoms with Gasteiger partial charge in [0.05, 0.1) is 16.8 Å². The fraction of sp³-hybridized carbons (Fsp3) is 0.222. The Balaban J connectivity index is 1.63. The second kappa shape index (κ2) is 8.30. The summed E-state index contributed by atoms with van der Waals surface area (Å²) in [5.74, 6) is -0.894. The van der Waals surface area contributed by atoms with E-state index in [1.54, 1.807) is 31.2 Å². The van der Waals surface area contributed by atoms with E-state index < -0.39 is 12.3 Å². The molecule has 2 heterocycles. The van der Waals surface area contributed by atoms with Gasteiger partial charge in [-0.05, 0) is 25.1 Å². The van der Waals surface area contributed by atoms with Crippen LogP contribution in [0, 0.1) is 6.92 Å². The van der Waals surface area contributed by atoms with Crippen LogP contribution >= 0.6 is 11.6 Å². The van der Waals surface area contributed by atoms with Crippen molar-refractivity contribution in [2.75, 3.05) is 13.1 Å². The lowest BCUT2D eigenvalue weighted by Gasteiger charge is -2.08. The second-order valence-electron chi connectivity index (χ2n) is 5.91. The number of carbonyl (C=O) groups excluding carboxylic acids is 2. The molecule has 0 aliphatic heterocycles. The second-order valence-corrected chi connectivity index (χ2v) is 6.32. The lowest BCUT2D eigenvalue weighted by Crippen LogP contribution is -2.34. The fourth-order valence-corrected chi connectivity index (χ4v) is 2.84. The number of nitrogens with zero attached hydrogens (tertiary/aromatic N) is 3. The zero-order valence-corrected chi connectivity index (χ0v) is 15.5. The quantitative estimate of drug-likeness (QED) is 0.615. The zero-order valence-electron chi connectivity index (χ0n) is 14.7. The number of rotatable bonds is 6. The van der Waals surface area contributed by atoms with Gasteiger partial charge in [-0.1, -0.05) is 23.7 Å². The SMILES string of the molecule is Cc1cc(C(F)F)n2ncc(C(=O)NCCNC(=O)c3ccccc3Cl)c2n1. The van der Waals surface area contributed by atoms with Gasteiger partial charge in [-0.2, -0.15) is 5.10 Å². The molecule has 2 aromatic heterocycles. The number of fused-ring (bicyclic) bond motifs is 1. The van der Waals surface area contributed by atoms with Crippen LogP contribution in [0.4, 0.5) is 8.78 Å². The molecule has 0 saturated carbocycles. The van der Waals surface area contributed by atoms with Crippen LogP contribution in [-0.2, 0) is 0 Å². The highest BCUT2D eigenvalue weighted by Gasteiger charge is 2.20. The lowest BCUT2D eigenvalue weighted by atomic mass is 10.2. The van der Waals surface area contributed by atoms with E-state index in [4.69, 9.17) is 11.6 Å². The highest BCUT2D eigenvalue weighted by atomic mass is 35.5. The Morgan fingerprint density at radius 3 is 2.43 bits per heavy atom. The molecule has 3 rings (SSSR count). The molecular weight excluding hydrogens is 392 g/mol. The third kappa shape index (κ3) is 4.09. The molecule has 0 radical (unpaired) electrons. The molecule has 2 N–H and O–H groups in total. The maximum absolute atomic E-state index is 13.1. The lowest BCUT2D eigenvalue weighted by molar-refractivity contribution is 0.0928. The topological polar surface area (TPSA) is 88.4 Å². The van der Waals surface area contributed by atoms with Crippen molar-refractivity contribution in [3.8, 4) is 0 Å². The summed E-state index contributed by atoms with van der Waals surface area (Å²) < 4.78 is 27.2. The van der Waals surface area contributed by atoms with Crippen LogP contribution in [0.3, 0.4) is 0 Å². The zero-order chi connectivity index (χ0) is 20.3. The first-order valence-corrected chi connectivity index (χ1v) is 8.70. The Labute approximate surface area is 163 Å². The van der Waals surface area contributed by atoms with Crippen molar-refractivity contribution in [1.29, 1.82) is 0 Å². The molecule has 0 aliphatic rings. The van der Waals surface area contributed by atoms with E-state index >= 15 is 0 Å². The van der Waals surface area contributed by atoms with Crippen molar-refractivity contribution in [1.82, 2.24) is 25.2 Å². The number of nitrogens with one attached hydrogen (secondary N) is 2. The summed E-state index contributed by atoms with van der Waals surface area (Å²) >= 11 is 5.95. The molecular formula is C18H16ClF2N5O2. The molecule has 1 aromatic carbocycles. The summed E-state index contributed by atoms with van der Waals surface area (Å²) in [6.45, 7) is 1.84. The average Bonchev–Trinajstić information content (AvgIpc) is 3.08. The van der Waals surface area contributed by atoms with Gasteiger partial charge in [0.1, 0.15) is 11.3 Å². The van der Waals surface area contributed by atoms with Crippen molar-refractivity contribution in [3.05, 3.63) is 64.1 Å². The third-order valence-electron chi connectivity index (χ3n) is 3.91. The van der Waals surface area contributed by atoms with E-state index in [9.17, 15) is 18.4 Å². The Morgan fingerprint density at radius 2 is 1.79 bits per heavy atom. The Bertz CT molecular complexity index is 1040. The predicted octanol–water partition coefficient (Wildman–Crippen LogP) is 2.79. The molecule has 0 fully saturated rings. The normalized spacial score (nSPS) is 11.0. The van der Waals surface area contributed by atoms with Crippen LogP contribution in [0.1, 0.15) is 38.5 Å². The fourth-order valence-electron chi connectivity index (χ4n) is 2.62. The Kier molecular flexibility index (Phi) is 5.84.